The molecule has 124 valence electrons. The summed E-state index contributed by atoms with van der Waals surface area (Å²) in [5.74, 6) is -1.39. The molecule has 1 amide bonds. The Kier molecular flexibility index (Phi) is 5.49. The Morgan fingerprint density at radius 2 is 1.96 bits per heavy atom. The Morgan fingerprint density at radius 3 is 2.62 bits per heavy atom. The smallest absolute Gasteiger partial charge is 0.338 e. The molecule has 0 aliphatic heterocycles. The van der Waals surface area contributed by atoms with Gasteiger partial charge in [-0.3, -0.25) is 14.9 Å². The van der Waals surface area contributed by atoms with Crippen molar-refractivity contribution < 1.29 is 19.2 Å². The maximum Gasteiger partial charge on any atom is 0.338 e. The summed E-state index contributed by atoms with van der Waals surface area (Å²) in [6, 6.07) is 10.5. The number of carbonyl (C=O) groups is 2. The van der Waals surface area contributed by atoms with Crippen molar-refractivity contribution in [3.8, 4) is 0 Å². The molecule has 0 aliphatic carbocycles. The summed E-state index contributed by atoms with van der Waals surface area (Å²) in [7, 11) is 0. The van der Waals surface area contributed by atoms with Gasteiger partial charge >= 0.3 is 5.97 Å². The van der Waals surface area contributed by atoms with Crippen molar-refractivity contribution in [3.63, 3.8) is 0 Å². The van der Waals surface area contributed by atoms with Crippen molar-refractivity contribution in [3.05, 3.63) is 68.7 Å². The fraction of sp³-hybridized carbons (Fsp3) is 0.125. The molecule has 0 fully saturated rings. The standard InChI is InChI=1S/C16H13ClN2O5/c1-10-4-2-7-13(19(22)23)15(10)18-14(20)9-24-16(21)11-5-3-6-12(17)8-11/h2-8H,9H2,1H3,(H,18,20). The normalized spacial score (nSPS) is 10.1. The SMILES string of the molecule is Cc1cccc([N+](=O)[O-])c1NC(=O)COC(=O)c1cccc(Cl)c1. The van der Waals surface area contributed by atoms with Crippen LogP contribution in [-0.4, -0.2) is 23.4 Å². The van der Waals surface area contributed by atoms with Crippen molar-refractivity contribution in [2.45, 2.75) is 6.92 Å². The van der Waals surface area contributed by atoms with Gasteiger partial charge in [0.2, 0.25) is 0 Å². The lowest BCUT2D eigenvalue weighted by Gasteiger charge is -2.09. The summed E-state index contributed by atoms with van der Waals surface area (Å²) in [5, 5.41) is 13.8. The van der Waals surface area contributed by atoms with E-state index >= 15 is 0 Å². The van der Waals surface area contributed by atoms with E-state index in [1.165, 1.54) is 24.3 Å². The highest BCUT2D eigenvalue weighted by atomic mass is 35.5. The van der Waals surface area contributed by atoms with Gasteiger partial charge in [0, 0.05) is 11.1 Å². The van der Waals surface area contributed by atoms with Gasteiger partial charge in [0.1, 0.15) is 5.69 Å². The minimum atomic E-state index is -0.716. The van der Waals surface area contributed by atoms with Crippen LogP contribution in [0, 0.1) is 17.0 Å². The molecule has 0 bridgehead atoms. The lowest BCUT2D eigenvalue weighted by Crippen LogP contribution is -2.22. The maximum absolute atomic E-state index is 11.9. The number of halogens is 1. The first-order valence-corrected chi connectivity index (χ1v) is 7.23. The molecule has 24 heavy (non-hydrogen) atoms. The number of nitro benzene ring substituents is 1. The van der Waals surface area contributed by atoms with Crippen molar-refractivity contribution >= 4 is 34.9 Å². The van der Waals surface area contributed by atoms with Gasteiger partial charge < -0.3 is 10.1 Å². The van der Waals surface area contributed by atoms with E-state index in [1.807, 2.05) is 0 Å². The molecule has 0 heterocycles. The summed E-state index contributed by atoms with van der Waals surface area (Å²) >= 11 is 5.77. The molecule has 2 aromatic carbocycles. The number of nitro groups is 1. The number of carbonyl (C=O) groups excluding carboxylic acids is 2. The van der Waals surface area contributed by atoms with E-state index in [-0.39, 0.29) is 16.9 Å². The summed E-state index contributed by atoms with van der Waals surface area (Å²) < 4.78 is 4.88. The molecule has 0 atom stereocenters. The largest absolute Gasteiger partial charge is 0.452 e. The zero-order valence-corrected chi connectivity index (χ0v) is 13.4. The number of benzene rings is 2. The molecule has 0 radical (unpaired) electrons. The number of ether oxygens (including phenoxy) is 1. The van der Waals surface area contributed by atoms with Crippen LogP contribution in [0.15, 0.2) is 42.5 Å². The average molecular weight is 349 g/mol. The zero-order valence-electron chi connectivity index (χ0n) is 12.6. The predicted molar refractivity (Wildman–Crippen MR) is 88.2 cm³/mol. The second-order valence-electron chi connectivity index (χ2n) is 4.86. The van der Waals surface area contributed by atoms with Gasteiger partial charge in [0.05, 0.1) is 10.5 Å². The van der Waals surface area contributed by atoms with Crippen molar-refractivity contribution in [2.75, 3.05) is 11.9 Å². The summed E-state index contributed by atoms with van der Waals surface area (Å²) in [6.07, 6.45) is 0. The Bertz CT molecular complexity index is 807. The highest BCUT2D eigenvalue weighted by Gasteiger charge is 2.18. The summed E-state index contributed by atoms with van der Waals surface area (Å²) in [4.78, 5) is 34.1. The van der Waals surface area contributed by atoms with E-state index in [1.54, 1.807) is 25.1 Å². The second-order valence-corrected chi connectivity index (χ2v) is 5.30. The van der Waals surface area contributed by atoms with Crippen molar-refractivity contribution in [1.29, 1.82) is 0 Å². The van der Waals surface area contributed by atoms with Gasteiger partial charge in [-0.05, 0) is 30.7 Å². The van der Waals surface area contributed by atoms with Crippen LogP contribution in [0.4, 0.5) is 11.4 Å². The molecule has 2 aromatic rings. The fourth-order valence-corrected chi connectivity index (χ4v) is 2.16. The van der Waals surface area contributed by atoms with Crippen LogP contribution in [0.2, 0.25) is 5.02 Å². The fourth-order valence-electron chi connectivity index (χ4n) is 1.97. The van der Waals surface area contributed by atoms with E-state index in [0.717, 1.165) is 0 Å². The summed E-state index contributed by atoms with van der Waals surface area (Å²) in [6.45, 7) is 1.05. The van der Waals surface area contributed by atoms with Crippen LogP contribution < -0.4 is 5.32 Å². The van der Waals surface area contributed by atoms with E-state index in [2.05, 4.69) is 5.32 Å². The predicted octanol–water partition coefficient (Wildman–Crippen LogP) is 3.35. The van der Waals surface area contributed by atoms with E-state index < -0.39 is 23.4 Å². The third kappa shape index (κ3) is 4.30. The topological polar surface area (TPSA) is 98.5 Å². The number of hydrogen-bond donors (Lipinski definition) is 1. The maximum atomic E-state index is 11.9. The molecule has 0 aromatic heterocycles. The molecule has 8 heteroatoms. The number of anilines is 1. The summed E-state index contributed by atoms with van der Waals surface area (Å²) in [5.41, 5.74) is 0.576. The van der Waals surface area contributed by atoms with Gasteiger partial charge in [-0.2, -0.15) is 0 Å². The molecule has 2 rings (SSSR count). The van der Waals surface area contributed by atoms with E-state index in [0.29, 0.717) is 10.6 Å². The number of para-hydroxylation sites is 1. The average Bonchev–Trinajstić information content (AvgIpc) is 2.54. The van der Waals surface area contributed by atoms with Crippen LogP contribution in [0.5, 0.6) is 0 Å². The lowest BCUT2D eigenvalue weighted by molar-refractivity contribution is -0.384. The van der Waals surface area contributed by atoms with Gasteiger partial charge in [0.15, 0.2) is 6.61 Å². The molecule has 0 aliphatic rings. The van der Waals surface area contributed by atoms with Crippen LogP contribution >= 0.6 is 11.6 Å². The lowest BCUT2D eigenvalue weighted by atomic mass is 10.1. The third-order valence-electron chi connectivity index (χ3n) is 3.11. The molecule has 0 saturated heterocycles. The first kappa shape index (κ1) is 17.4. The Morgan fingerprint density at radius 1 is 1.25 bits per heavy atom. The van der Waals surface area contributed by atoms with Crippen molar-refractivity contribution in [2.24, 2.45) is 0 Å². The van der Waals surface area contributed by atoms with E-state index in [9.17, 15) is 19.7 Å². The first-order chi connectivity index (χ1) is 11.4. The van der Waals surface area contributed by atoms with Gasteiger partial charge in [-0.25, -0.2) is 4.79 Å². The number of nitrogens with zero attached hydrogens (tertiary/aromatic N) is 1. The minimum Gasteiger partial charge on any atom is -0.452 e. The minimum absolute atomic E-state index is 0.0753. The molecular formula is C16H13ClN2O5. The number of rotatable bonds is 5. The van der Waals surface area contributed by atoms with Crippen LogP contribution in [0.1, 0.15) is 15.9 Å². The quantitative estimate of drug-likeness (QED) is 0.507. The van der Waals surface area contributed by atoms with Crippen LogP contribution in [0.25, 0.3) is 0 Å². The first-order valence-electron chi connectivity index (χ1n) is 6.85. The molecular weight excluding hydrogens is 336 g/mol. The van der Waals surface area contributed by atoms with Gasteiger partial charge in [0.25, 0.3) is 11.6 Å². The second kappa shape index (κ2) is 7.56. The number of aryl methyl sites for hydroxylation is 1. The number of esters is 1. The van der Waals surface area contributed by atoms with Crippen LogP contribution in [0.3, 0.4) is 0 Å². The van der Waals surface area contributed by atoms with E-state index in [4.69, 9.17) is 16.3 Å². The highest BCUT2D eigenvalue weighted by molar-refractivity contribution is 6.30. The molecule has 0 spiro atoms. The van der Waals surface area contributed by atoms with Crippen molar-refractivity contribution in [1.82, 2.24) is 0 Å². The zero-order chi connectivity index (χ0) is 17.7. The highest BCUT2D eigenvalue weighted by Crippen LogP contribution is 2.27. The van der Waals surface area contributed by atoms with Gasteiger partial charge in [-0.15, -0.1) is 0 Å². The Balaban J connectivity index is 2.02. The number of nitrogens with one attached hydrogen (secondary N) is 1. The Hall–Kier alpha value is -2.93. The number of amides is 1. The molecule has 7 nitrogen and oxygen atoms in total. The van der Waals surface area contributed by atoms with Gasteiger partial charge in [-0.1, -0.05) is 29.8 Å². The third-order valence-corrected chi connectivity index (χ3v) is 3.34. The Labute approximate surface area is 142 Å². The molecule has 1 N–H and O–H groups in total. The molecule has 0 unspecified atom stereocenters. The monoisotopic (exact) mass is 348 g/mol. The number of hydrogen-bond acceptors (Lipinski definition) is 5. The molecule has 0 saturated carbocycles. The van der Waals surface area contributed by atoms with Crippen LogP contribution in [-0.2, 0) is 9.53 Å².